The molecule has 0 aliphatic heterocycles. The van der Waals surface area contributed by atoms with E-state index in [4.69, 9.17) is 4.74 Å². The Morgan fingerprint density at radius 3 is 2.59 bits per heavy atom. The highest BCUT2D eigenvalue weighted by molar-refractivity contribution is 5.91. The molecule has 0 aliphatic carbocycles. The van der Waals surface area contributed by atoms with E-state index in [1.165, 1.54) is 18.4 Å². The number of unbranched alkanes of at least 4 members (excludes halogenated alkanes) is 1. The zero-order valence-electron chi connectivity index (χ0n) is 13.3. The van der Waals surface area contributed by atoms with E-state index in [0.29, 0.717) is 5.75 Å². The molecule has 3 heteroatoms. The molecule has 0 radical (unpaired) electrons. The summed E-state index contributed by atoms with van der Waals surface area (Å²) < 4.78 is 5.49. The molecule has 3 nitrogen and oxygen atoms in total. The zero-order valence-corrected chi connectivity index (χ0v) is 13.3. The minimum absolute atomic E-state index is 0.0149. The van der Waals surface area contributed by atoms with E-state index < -0.39 is 0 Å². The number of aryl methyl sites for hydroxylation is 2. The molecule has 0 aliphatic rings. The second-order valence-corrected chi connectivity index (χ2v) is 5.45. The van der Waals surface area contributed by atoms with Gasteiger partial charge in [0.25, 0.3) is 5.91 Å². The number of carbonyl (C=O) groups excluding carboxylic acids is 1. The van der Waals surface area contributed by atoms with Crippen molar-refractivity contribution in [2.75, 3.05) is 11.9 Å². The number of anilines is 1. The molecule has 2 aromatic rings. The van der Waals surface area contributed by atoms with Crippen molar-refractivity contribution in [3.8, 4) is 5.75 Å². The van der Waals surface area contributed by atoms with Crippen molar-refractivity contribution in [2.45, 2.75) is 33.1 Å². The normalized spacial score (nSPS) is 10.3. The number of benzene rings is 2. The summed E-state index contributed by atoms with van der Waals surface area (Å²) in [5.74, 6) is 0.563. The van der Waals surface area contributed by atoms with Crippen LogP contribution in [0.25, 0.3) is 0 Å². The molecule has 0 spiro atoms. The SMILES string of the molecule is CCCCc1ccc(NC(=O)COc2cccc(C)c2)cc1. The molecule has 0 saturated carbocycles. The van der Waals surface area contributed by atoms with Crippen molar-refractivity contribution < 1.29 is 9.53 Å². The third-order valence-corrected chi connectivity index (χ3v) is 3.42. The monoisotopic (exact) mass is 297 g/mol. The van der Waals surface area contributed by atoms with E-state index in [9.17, 15) is 4.79 Å². The van der Waals surface area contributed by atoms with Crippen molar-refractivity contribution in [3.05, 3.63) is 59.7 Å². The Kier molecular flexibility index (Phi) is 6.01. The van der Waals surface area contributed by atoms with Crippen molar-refractivity contribution >= 4 is 11.6 Å². The molecule has 2 rings (SSSR count). The van der Waals surface area contributed by atoms with Crippen LogP contribution in [0, 0.1) is 6.92 Å². The molecule has 116 valence electrons. The Morgan fingerprint density at radius 2 is 1.91 bits per heavy atom. The van der Waals surface area contributed by atoms with Crippen molar-refractivity contribution in [2.24, 2.45) is 0 Å². The maximum atomic E-state index is 11.9. The summed E-state index contributed by atoms with van der Waals surface area (Å²) >= 11 is 0. The fourth-order valence-electron chi connectivity index (χ4n) is 2.19. The number of rotatable bonds is 7. The largest absolute Gasteiger partial charge is 0.484 e. The van der Waals surface area contributed by atoms with Crippen LogP contribution in [0.5, 0.6) is 5.75 Å². The first-order valence-electron chi connectivity index (χ1n) is 7.75. The summed E-state index contributed by atoms with van der Waals surface area (Å²) in [5, 5.41) is 2.85. The van der Waals surface area contributed by atoms with Crippen LogP contribution < -0.4 is 10.1 Å². The minimum Gasteiger partial charge on any atom is -0.484 e. The quantitative estimate of drug-likeness (QED) is 0.825. The van der Waals surface area contributed by atoms with Gasteiger partial charge in [0.15, 0.2) is 6.61 Å². The standard InChI is InChI=1S/C19H23NO2/c1-3-4-7-16-9-11-17(12-10-16)20-19(21)14-22-18-8-5-6-15(2)13-18/h5-6,8-13H,3-4,7,14H2,1-2H3,(H,20,21). The molecule has 2 aromatic carbocycles. The summed E-state index contributed by atoms with van der Waals surface area (Å²) in [5.41, 5.74) is 3.22. The van der Waals surface area contributed by atoms with E-state index in [1.54, 1.807) is 0 Å². The average molecular weight is 297 g/mol. The first-order chi connectivity index (χ1) is 10.7. The molecule has 0 heterocycles. The van der Waals surface area contributed by atoms with E-state index in [0.717, 1.165) is 17.7 Å². The van der Waals surface area contributed by atoms with Gasteiger partial charge in [0.05, 0.1) is 0 Å². The number of nitrogens with one attached hydrogen (secondary N) is 1. The maximum Gasteiger partial charge on any atom is 0.262 e. The van der Waals surface area contributed by atoms with Crippen LogP contribution in [-0.2, 0) is 11.2 Å². The third kappa shape index (κ3) is 5.24. The van der Waals surface area contributed by atoms with Gasteiger partial charge in [-0.15, -0.1) is 0 Å². The smallest absolute Gasteiger partial charge is 0.262 e. The minimum atomic E-state index is -0.150. The van der Waals surface area contributed by atoms with Crippen LogP contribution in [0.15, 0.2) is 48.5 Å². The Bertz CT molecular complexity index is 605. The molecule has 0 aromatic heterocycles. The summed E-state index contributed by atoms with van der Waals surface area (Å²) in [6, 6.07) is 15.7. The maximum absolute atomic E-state index is 11.9. The summed E-state index contributed by atoms with van der Waals surface area (Å²) in [6.07, 6.45) is 3.46. The Morgan fingerprint density at radius 1 is 1.14 bits per heavy atom. The zero-order chi connectivity index (χ0) is 15.8. The molecule has 0 fully saturated rings. The molecule has 0 saturated heterocycles. The van der Waals surface area contributed by atoms with Gasteiger partial charge in [0.1, 0.15) is 5.75 Å². The number of ether oxygens (including phenoxy) is 1. The van der Waals surface area contributed by atoms with E-state index in [1.807, 2.05) is 43.3 Å². The lowest BCUT2D eigenvalue weighted by molar-refractivity contribution is -0.118. The van der Waals surface area contributed by atoms with Crippen LogP contribution in [0.1, 0.15) is 30.9 Å². The van der Waals surface area contributed by atoms with Gasteiger partial charge in [-0.1, -0.05) is 37.6 Å². The Labute approximate surface area is 132 Å². The van der Waals surface area contributed by atoms with E-state index >= 15 is 0 Å². The fourth-order valence-corrected chi connectivity index (χ4v) is 2.19. The van der Waals surface area contributed by atoms with Crippen LogP contribution in [0.2, 0.25) is 0 Å². The molecule has 0 atom stereocenters. The second-order valence-electron chi connectivity index (χ2n) is 5.45. The first kappa shape index (κ1) is 16.1. The molecule has 1 N–H and O–H groups in total. The van der Waals surface area contributed by atoms with Gasteiger partial charge >= 0.3 is 0 Å². The molecular formula is C19H23NO2. The summed E-state index contributed by atoms with van der Waals surface area (Å²) in [4.78, 5) is 11.9. The Hall–Kier alpha value is -2.29. The van der Waals surface area contributed by atoms with Gasteiger partial charge in [0.2, 0.25) is 0 Å². The molecular weight excluding hydrogens is 274 g/mol. The summed E-state index contributed by atoms with van der Waals surface area (Å²) in [6.45, 7) is 4.19. The van der Waals surface area contributed by atoms with Gasteiger partial charge < -0.3 is 10.1 Å². The van der Waals surface area contributed by atoms with Crippen molar-refractivity contribution in [3.63, 3.8) is 0 Å². The molecule has 22 heavy (non-hydrogen) atoms. The molecule has 0 bridgehead atoms. The van der Waals surface area contributed by atoms with Gasteiger partial charge in [0, 0.05) is 5.69 Å². The predicted molar refractivity (Wildman–Crippen MR) is 90.4 cm³/mol. The number of hydrogen-bond acceptors (Lipinski definition) is 2. The summed E-state index contributed by atoms with van der Waals surface area (Å²) in [7, 11) is 0. The fraction of sp³-hybridized carbons (Fsp3) is 0.316. The second kappa shape index (κ2) is 8.23. The van der Waals surface area contributed by atoms with Gasteiger partial charge in [-0.2, -0.15) is 0 Å². The predicted octanol–water partition coefficient (Wildman–Crippen LogP) is 4.36. The first-order valence-corrected chi connectivity index (χ1v) is 7.75. The van der Waals surface area contributed by atoms with E-state index in [2.05, 4.69) is 24.4 Å². The highest BCUT2D eigenvalue weighted by Crippen LogP contribution is 2.14. The van der Waals surface area contributed by atoms with Gasteiger partial charge in [-0.25, -0.2) is 0 Å². The molecule has 1 amide bonds. The topological polar surface area (TPSA) is 38.3 Å². The van der Waals surface area contributed by atoms with E-state index in [-0.39, 0.29) is 12.5 Å². The third-order valence-electron chi connectivity index (χ3n) is 3.42. The van der Waals surface area contributed by atoms with Crippen molar-refractivity contribution in [1.82, 2.24) is 0 Å². The number of carbonyl (C=O) groups is 1. The van der Waals surface area contributed by atoms with Gasteiger partial charge in [-0.05, 0) is 55.2 Å². The highest BCUT2D eigenvalue weighted by Gasteiger charge is 2.04. The van der Waals surface area contributed by atoms with Crippen LogP contribution in [0.3, 0.4) is 0 Å². The average Bonchev–Trinajstić information content (AvgIpc) is 2.52. The number of hydrogen-bond donors (Lipinski definition) is 1. The van der Waals surface area contributed by atoms with Crippen LogP contribution in [-0.4, -0.2) is 12.5 Å². The Balaban J connectivity index is 1.81. The lowest BCUT2D eigenvalue weighted by Crippen LogP contribution is -2.20. The number of amides is 1. The van der Waals surface area contributed by atoms with Crippen LogP contribution >= 0.6 is 0 Å². The van der Waals surface area contributed by atoms with Crippen LogP contribution in [0.4, 0.5) is 5.69 Å². The molecule has 0 unspecified atom stereocenters. The lowest BCUT2D eigenvalue weighted by atomic mass is 10.1. The lowest BCUT2D eigenvalue weighted by Gasteiger charge is -2.08. The highest BCUT2D eigenvalue weighted by atomic mass is 16.5. The van der Waals surface area contributed by atoms with Gasteiger partial charge in [-0.3, -0.25) is 4.79 Å². The van der Waals surface area contributed by atoms with Crippen molar-refractivity contribution in [1.29, 1.82) is 0 Å².